The van der Waals surface area contributed by atoms with Crippen molar-refractivity contribution in [2.24, 2.45) is 5.73 Å². The van der Waals surface area contributed by atoms with Crippen molar-refractivity contribution < 1.29 is 9.13 Å². The van der Waals surface area contributed by atoms with Gasteiger partial charge in [-0.05, 0) is 47.5 Å². The first-order valence-electron chi connectivity index (χ1n) is 5.97. The molecule has 4 heteroatoms. The number of hydrogen-bond acceptors (Lipinski definition) is 3. The van der Waals surface area contributed by atoms with Crippen molar-refractivity contribution in [1.82, 2.24) is 0 Å². The Morgan fingerprint density at radius 2 is 1.84 bits per heavy atom. The van der Waals surface area contributed by atoms with Gasteiger partial charge in [0, 0.05) is 17.2 Å². The second-order valence-electron chi connectivity index (χ2n) is 4.08. The Hall–Kier alpha value is -1.52. The van der Waals surface area contributed by atoms with Crippen LogP contribution in [0.15, 0.2) is 47.4 Å². The molecule has 0 bridgehead atoms. The third-order valence-electron chi connectivity index (χ3n) is 2.84. The molecule has 2 aromatic rings. The first-order valence-corrected chi connectivity index (χ1v) is 6.95. The minimum atomic E-state index is -0.237. The van der Waals surface area contributed by atoms with Crippen molar-refractivity contribution in [3.8, 4) is 5.75 Å². The maximum atomic E-state index is 13.1. The second kappa shape index (κ2) is 6.59. The number of nitrogens with two attached hydrogens (primary N) is 1. The molecular weight excluding hydrogens is 261 g/mol. The molecule has 0 spiro atoms. The zero-order chi connectivity index (χ0) is 13.7. The summed E-state index contributed by atoms with van der Waals surface area (Å²) < 4.78 is 18.2. The van der Waals surface area contributed by atoms with E-state index in [4.69, 9.17) is 10.5 Å². The van der Waals surface area contributed by atoms with Gasteiger partial charge in [0.15, 0.2) is 0 Å². The highest BCUT2D eigenvalue weighted by atomic mass is 32.2. The SMILES string of the molecule is COc1ccc(SCc2ccc(F)cc2CN)cc1. The van der Waals surface area contributed by atoms with Gasteiger partial charge in [0.2, 0.25) is 0 Å². The van der Waals surface area contributed by atoms with Gasteiger partial charge in [-0.15, -0.1) is 11.8 Å². The van der Waals surface area contributed by atoms with Gasteiger partial charge in [0.1, 0.15) is 11.6 Å². The second-order valence-corrected chi connectivity index (χ2v) is 5.13. The van der Waals surface area contributed by atoms with E-state index in [-0.39, 0.29) is 5.82 Å². The van der Waals surface area contributed by atoms with E-state index in [1.54, 1.807) is 24.9 Å². The molecule has 0 radical (unpaired) electrons. The quantitative estimate of drug-likeness (QED) is 0.848. The zero-order valence-corrected chi connectivity index (χ0v) is 11.5. The van der Waals surface area contributed by atoms with Crippen LogP contribution in [-0.4, -0.2) is 7.11 Å². The lowest BCUT2D eigenvalue weighted by Crippen LogP contribution is -2.01. The van der Waals surface area contributed by atoms with Crippen LogP contribution in [0.1, 0.15) is 11.1 Å². The van der Waals surface area contributed by atoms with Gasteiger partial charge < -0.3 is 10.5 Å². The standard InChI is InChI=1S/C15H16FNOS/c1-18-14-4-6-15(7-5-14)19-10-11-2-3-13(16)8-12(11)9-17/h2-8H,9-10,17H2,1H3. The van der Waals surface area contributed by atoms with Crippen LogP contribution in [0.25, 0.3) is 0 Å². The Morgan fingerprint density at radius 3 is 2.47 bits per heavy atom. The molecule has 0 aliphatic heterocycles. The number of methoxy groups -OCH3 is 1. The Bertz CT molecular complexity index is 542. The molecule has 0 saturated carbocycles. The largest absolute Gasteiger partial charge is 0.497 e. The number of halogens is 1. The average Bonchev–Trinajstić information content (AvgIpc) is 2.46. The molecule has 0 saturated heterocycles. The van der Waals surface area contributed by atoms with Crippen molar-refractivity contribution in [3.63, 3.8) is 0 Å². The van der Waals surface area contributed by atoms with E-state index >= 15 is 0 Å². The topological polar surface area (TPSA) is 35.2 Å². The summed E-state index contributed by atoms with van der Waals surface area (Å²) in [5.41, 5.74) is 7.57. The summed E-state index contributed by atoms with van der Waals surface area (Å²) in [5.74, 6) is 1.38. The lowest BCUT2D eigenvalue weighted by Gasteiger charge is -2.08. The van der Waals surface area contributed by atoms with E-state index < -0.39 is 0 Å². The zero-order valence-electron chi connectivity index (χ0n) is 10.7. The third-order valence-corrected chi connectivity index (χ3v) is 3.90. The number of thioether (sulfide) groups is 1. The van der Waals surface area contributed by atoms with Crippen LogP contribution in [0.4, 0.5) is 4.39 Å². The predicted molar refractivity (Wildman–Crippen MR) is 76.8 cm³/mol. The van der Waals surface area contributed by atoms with Crippen molar-refractivity contribution in [2.75, 3.05) is 7.11 Å². The predicted octanol–water partition coefficient (Wildman–Crippen LogP) is 3.59. The van der Waals surface area contributed by atoms with Crippen LogP contribution in [0.5, 0.6) is 5.75 Å². The first kappa shape index (κ1) is 13.9. The van der Waals surface area contributed by atoms with Gasteiger partial charge in [0.05, 0.1) is 7.11 Å². The minimum absolute atomic E-state index is 0.237. The fourth-order valence-electron chi connectivity index (χ4n) is 1.76. The van der Waals surface area contributed by atoms with Crippen LogP contribution in [0.2, 0.25) is 0 Å². The monoisotopic (exact) mass is 277 g/mol. The van der Waals surface area contributed by atoms with Crippen molar-refractivity contribution in [3.05, 3.63) is 59.4 Å². The highest BCUT2D eigenvalue weighted by molar-refractivity contribution is 7.98. The highest BCUT2D eigenvalue weighted by Gasteiger charge is 2.04. The van der Waals surface area contributed by atoms with Gasteiger partial charge in [0.25, 0.3) is 0 Å². The van der Waals surface area contributed by atoms with Gasteiger partial charge >= 0.3 is 0 Å². The molecule has 0 heterocycles. The molecule has 2 aromatic carbocycles. The molecular formula is C15H16FNOS. The van der Waals surface area contributed by atoms with Gasteiger partial charge in [-0.1, -0.05) is 6.07 Å². The molecule has 0 atom stereocenters. The summed E-state index contributed by atoms with van der Waals surface area (Å²) >= 11 is 1.69. The van der Waals surface area contributed by atoms with E-state index in [0.29, 0.717) is 6.54 Å². The van der Waals surface area contributed by atoms with Crippen LogP contribution in [0, 0.1) is 5.82 Å². The summed E-state index contributed by atoms with van der Waals surface area (Å²) in [6, 6.07) is 12.7. The lowest BCUT2D eigenvalue weighted by atomic mass is 10.1. The summed E-state index contributed by atoms with van der Waals surface area (Å²) in [7, 11) is 1.65. The van der Waals surface area contributed by atoms with E-state index in [2.05, 4.69) is 0 Å². The normalized spacial score (nSPS) is 10.5. The Balaban J connectivity index is 2.05. The van der Waals surface area contributed by atoms with Crippen LogP contribution < -0.4 is 10.5 Å². The molecule has 0 aliphatic carbocycles. The Kier molecular flexibility index (Phi) is 4.82. The molecule has 0 aliphatic rings. The fourth-order valence-corrected chi connectivity index (χ4v) is 2.69. The first-order chi connectivity index (χ1) is 9.22. The number of ether oxygens (including phenoxy) is 1. The number of benzene rings is 2. The average molecular weight is 277 g/mol. The van der Waals surface area contributed by atoms with Crippen molar-refractivity contribution >= 4 is 11.8 Å². The molecule has 19 heavy (non-hydrogen) atoms. The van der Waals surface area contributed by atoms with E-state index in [9.17, 15) is 4.39 Å². The van der Waals surface area contributed by atoms with Crippen molar-refractivity contribution in [2.45, 2.75) is 17.2 Å². The molecule has 2 N–H and O–H groups in total. The maximum Gasteiger partial charge on any atom is 0.123 e. The lowest BCUT2D eigenvalue weighted by molar-refractivity contribution is 0.414. The summed E-state index contributed by atoms with van der Waals surface area (Å²) in [6.07, 6.45) is 0. The molecule has 2 nitrogen and oxygen atoms in total. The maximum absolute atomic E-state index is 13.1. The number of rotatable bonds is 5. The van der Waals surface area contributed by atoms with E-state index in [0.717, 1.165) is 27.5 Å². The van der Waals surface area contributed by atoms with Gasteiger partial charge in [-0.2, -0.15) is 0 Å². The summed E-state index contributed by atoms with van der Waals surface area (Å²) in [5, 5.41) is 0. The van der Waals surface area contributed by atoms with E-state index in [1.165, 1.54) is 12.1 Å². The summed E-state index contributed by atoms with van der Waals surface area (Å²) in [6.45, 7) is 0.357. The van der Waals surface area contributed by atoms with E-state index in [1.807, 2.05) is 24.3 Å². The number of hydrogen-bond donors (Lipinski definition) is 1. The Labute approximate surface area is 116 Å². The van der Waals surface area contributed by atoms with Crippen LogP contribution in [-0.2, 0) is 12.3 Å². The van der Waals surface area contributed by atoms with Crippen LogP contribution in [0.3, 0.4) is 0 Å². The molecule has 0 fully saturated rings. The van der Waals surface area contributed by atoms with Gasteiger partial charge in [-0.3, -0.25) is 0 Å². The molecule has 0 aromatic heterocycles. The van der Waals surface area contributed by atoms with Crippen LogP contribution >= 0.6 is 11.8 Å². The smallest absolute Gasteiger partial charge is 0.123 e. The summed E-state index contributed by atoms with van der Waals surface area (Å²) in [4.78, 5) is 1.15. The highest BCUT2D eigenvalue weighted by Crippen LogP contribution is 2.26. The Morgan fingerprint density at radius 1 is 1.11 bits per heavy atom. The molecule has 0 unspecified atom stereocenters. The van der Waals surface area contributed by atoms with Crippen molar-refractivity contribution in [1.29, 1.82) is 0 Å². The minimum Gasteiger partial charge on any atom is -0.497 e. The molecule has 2 rings (SSSR count). The third kappa shape index (κ3) is 3.72. The molecule has 100 valence electrons. The van der Waals surface area contributed by atoms with Gasteiger partial charge in [-0.25, -0.2) is 4.39 Å². The fraction of sp³-hybridized carbons (Fsp3) is 0.200. The molecule has 0 amide bonds.